The number of sulfonamides is 1. The third-order valence-electron chi connectivity index (χ3n) is 2.42. The van der Waals surface area contributed by atoms with Gasteiger partial charge in [0.25, 0.3) is 10.0 Å². The lowest BCUT2D eigenvalue weighted by atomic mass is 10.3. The number of aromatic nitrogens is 4. The third kappa shape index (κ3) is 2.57. The van der Waals surface area contributed by atoms with Crippen molar-refractivity contribution in [2.45, 2.75) is 18.5 Å². The highest BCUT2D eigenvalue weighted by Crippen LogP contribution is 2.15. The smallest absolute Gasteiger partial charge is 0.282 e. The van der Waals surface area contributed by atoms with Crippen molar-refractivity contribution in [3.05, 3.63) is 24.3 Å². The van der Waals surface area contributed by atoms with Gasteiger partial charge >= 0.3 is 0 Å². The van der Waals surface area contributed by atoms with Crippen molar-refractivity contribution in [2.24, 2.45) is 5.73 Å². The van der Waals surface area contributed by atoms with Crippen molar-refractivity contribution in [3.8, 4) is 0 Å². The fourth-order valence-corrected chi connectivity index (χ4v) is 2.40. The van der Waals surface area contributed by atoms with Gasteiger partial charge in [0.2, 0.25) is 0 Å². The first kappa shape index (κ1) is 13.1. The lowest BCUT2D eigenvalue weighted by Crippen LogP contribution is -2.18. The molecule has 19 heavy (non-hydrogen) atoms. The Balaban J connectivity index is 2.31. The number of rotatable bonds is 5. The van der Waals surface area contributed by atoms with E-state index in [0.29, 0.717) is 6.54 Å². The van der Waals surface area contributed by atoms with Gasteiger partial charge in [-0.25, -0.2) is 4.98 Å². The molecule has 102 valence electrons. The maximum absolute atomic E-state index is 12.1. The number of imidazole rings is 1. The molecular formula is C9H13N7O2S. The van der Waals surface area contributed by atoms with E-state index in [9.17, 15) is 8.42 Å². The number of anilines is 1. The number of hydrogen-bond donors (Lipinski definition) is 4. The van der Waals surface area contributed by atoms with Crippen LogP contribution in [-0.4, -0.2) is 34.0 Å². The summed E-state index contributed by atoms with van der Waals surface area (Å²) in [7, 11) is -3.83. The summed E-state index contributed by atoms with van der Waals surface area (Å²) in [6, 6.07) is 0. The van der Waals surface area contributed by atoms with Gasteiger partial charge < -0.3 is 10.3 Å². The van der Waals surface area contributed by atoms with Crippen LogP contribution in [0.2, 0.25) is 0 Å². The van der Waals surface area contributed by atoms with Gasteiger partial charge in [-0.15, -0.1) is 0 Å². The molecule has 2 heterocycles. The fourth-order valence-electron chi connectivity index (χ4n) is 1.41. The lowest BCUT2D eigenvalue weighted by molar-refractivity contribution is 0.597. The molecule has 2 rings (SSSR count). The van der Waals surface area contributed by atoms with E-state index in [1.165, 1.54) is 18.7 Å². The van der Waals surface area contributed by atoms with Crippen molar-refractivity contribution in [1.29, 1.82) is 5.41 Å². The standard InChI is InChI=1S/C9H13N7O2S/c1-2-16-4-7(12-5-16)19(17,18)15-9-6(8(10)11)3-13-14-9/h3-5H,2H2,1H3,(H3,10,11)(H2,13,14,15). The summed E-state index contributed by atoms with van der Waals surface area (Å²) in [6.45, 7) is 2.49. The first-order valence-electron chi connectivity index (χ1n) is 5.36. The van der Waals surface area contributed by atoms with Crippen molar-refractivity contribution in [3.63, 3.8) is 0 Å². The van der Waals surface area contributed by atoms with Crippen LogP contribution in [0.4, 0.5) is 5.82 Å². The maximum atomic E-state index is 12.1. The zero-order valence-corrected chi connectivity index (χ0v) is 10.9. The van der Waals surface area contributed by atoms with Gasteiger partial charge in [0.15, 0.2) is 5.03 Å². The normalized spacial score (nSPS) is 11.4. The number of nitrogens with one attached hydrogen (secondary N) is 3. The topological polar surface area (TPSA) is 143 Å². The predicted molar refractivity (Wildman–Crippen MR) is 68.3 cm³/mol. The highest BCUT2D eigenvalue weighted by atomic mass is 32.2. The average molecular weight is 283 g/mol. The van der Waals surface area contributed by atoms with Crippen molar-refractivity contribution < 1.29 is 8.42 Å². The summed E-state index contributed by atoms with van der Waals surface area (Å²) in [4.78, 5) is 3.81. The molecule has 0 aliphatic rings. The van der Waals surface area contributed by atoms with Gasteiger partial charge in [-0.2, -0.15) is 13.5 Å². The molecule has 0 fully saturated rings. The number of nitrogens with two attached hydrogens (primary N) is 1. The number of aryl methyl sites for hydroxylation is 1. The first-order chi connectivity index (χ1) is 8.94. The molecule has 5 N–H and O–H groups in total. The van der Waals surface area contributed by atoms with E-state index in [1.54, 1.807) is 4.57 Å². The summed E-state index contributed by atoms with van der Waals surface area (Å²) >= 11 is 0. The molecular weight excluding hydrogens is 270 g/mol. The molecule has 0 spiro atoms. The van der Waals surface area contributed by atoms with Gasteiger partial charge in [0.05, 0.1) is 18.1 Å². The van der Waals surface area contributed by atoms with Crippen LogP contribution in [-0.2, 0) is 16.6 Å². The molecule has 0 atom stereocenters. The summed E-state index contributed by atoms with van der Waals surface area (Å²) < 4.78 is 28.0. The summed E-state index contributed by atoms with van der Waals surface area (Å²) in [5.74, 6) is -0.246. The Kier molecular flexibility index (Phi) is 3.25. The molecule has 0 aliphatic heterocycles. The van der Waals surface area contributed by atoms with E-state index in [2.05, 4.69) is 19.9 Å². The Morgan fingerprint density at radius 1 is 1.63 bits per heavy atom. The van der Waals surface area contributed by atoms with Gasteiger partial charge in [0.1, 0.15) is 11.7 Å². The van der Waals surface area contributed by atoms with Crippen LogP contribution in [0, 0.1) is 5.41 Å². The van der Waals surface area contributed by atoms with Gasteiger partial charge in [-0.05, 0) is 6.92 Å². The van der Waals surface area contributed by atoms with Crippen molar-refractivity contribution in [2.75, 3.05) is 4.72 Å². The maximum Gasteiger partial charge on any atom is 0.282 e. The molecule has 0 unspecified atom stereocenters. The lowest BCUT2D eigenvalue weighted by Gasteiger charge is -2.05. The molecule has 0 aromatic carbocycles. The van der Waals surface area contributed by atoms with E-state index in [1.807, 2.05) is 6.92 Å². The van der Waals surface area contributed by atoms with E-state index in [0.717, 1.165) is 0 Å². The van der Waals surface area contributed by atoms with Crippen LogP contribution in [0.5, 0.6) is 0 Å². The molecule has 0 saturated heterocycles. The fraction of sp³-hybridized carbons (Fsp3) is 0.222. The van der Waals surface area contributed by atoms with Gasteiger partial charge in [0, 0.05) is 12.7 Å². The monoisotopic (exact) mass is 283 g/mol. The van der Waals surface area contributed by atoms with Crippen LogP contribution < -0.4 is 10.5 Å². The Labute approximate surface area is 109 Å². The Morgan fingerprint density at radius 3 is 2.95 bits per heavy atom. The van der Waals surface area contributed by atoms with E-state index < -0.39 is 10.0 Å². The zero-order chi connectivity index (χ0) is 14.0. The quantitative estimate of drug-likeness (QED) is 0.440. The Hall–Kier alpha value is -2.36. The highest BCUT2D eigenvalue weighted by Gasteiger charge is 2.20. The molecule has 2 aromatic rings. The van der Waals surface area contributed by atoms with Gasteiger partial charge in [-0.1, -0.05) is 0 Å². The molecule has 0 amide bonds. The third-order valence-corrected chi connectivity index (χ3v) is 3.65. The second-order valence-corrected chi connectivity index (χ2v) is 5.35. The number of nitrogens with zero attached hydrogens (tertiary/aromatic N) is 3. The minimum atomic E-state index is -3.83. The second-order valence-electron chi connectivity index (χ2n) is 3.72. The largest absolute Gasteiger partial charge is 0.384 e. The van der Waals surface area contributed by atoms with E-state index in [-0.39, 0.29) is 22.2 Å². The number of aromatic amines is 1. The molecule has 0 radical (unpaired) electrons. The Bertz CT molecular complexity index is 700. The summed E-state index contributed by atoms with van der Waals surface area (Å²) in [6.07, 6.45) is 4.10. The number of nitrogen functional groups attached to an aromatic ring is 1. The van der Waals surface area contributed by atoms with E-state index >= 15 is 0 Å². The Morgan fingerprint density at radius 2 is 2.37 bits per heavy atom. The average Bonchev–Trinajstić information content (AvgIpc) is 2.95. The van der Waals surface area contributed by atoms with Crippen LogP contribution in [0.15, 0.2) is 23.7 Å². The molecule has 0 aliphatic carbocycles. The number of hydrogen-bond acceptors (Lipinski definition) is 5. The molecule has 0 saturated carbocycles. The van der Waals surface area contributed by atoms with Gasteiger partial charge in [-0.3, -0.25) is 15.2 Å². The second kappa shape index (κ2) is 4.72. The molecule has 9 nitrogen and oxygen atoms in total. The molecule has 0 bridgehead atoms. The van der Waals surface area contributed by atoms with Crippen LogP contribution in [0.3, 0.4) is 0 Å². The first-order valence-corrected chi connectivity index (χ1v) is 6.84. The molecule has 10 heteroatoms. The van der Waals surface area contributed by atoms with E-state index in [4.69, 9.17) is 11.1 Å². The van der Waals surface area contributed by atoms with Crippen molar-refractivity contribution in [1.82, 2.24) is 19.7 Å². The summed E-state index contributed by atoms with van der Waals surface area (Å²) in [5, 5.41) is 13.3. The van der Waals surface area contributed by atoms with Crippen LogP contribution in [0.1, 0.15) is 12.5 Å². The zero-order valence-electron chi connectivity index (χ0n) is 10.1. The van der Waals surface area contributed by atoms with Crippen LogP contribution in [0.25, 0.3) is 0 Å². The SMILES string of the molecule is CCn1cnc(S(=O)(=O)Nc2[nH]ncc2C(=N)N)c1. The highest BCUT2D eigenvalue weighted by molar-refractivity contribution is 7.92. The van der Waals surface area contributed by atoms with Crippen LogP contribution >= 0.6 is 0 Å². The molecule has 2 aromatic heterocycles. The minimum absolute atomic E-state index is 0.0403. The minimum Gasteiger partial charge on any atom is -0.384 e. The number of H-pyrrole nitrogens is 1. The summed E-state index contributed by atoms with van der Waals surface area (Å²) in [5.41, 5.74) is 5.49. The number of amidine groups is 1. The van der Waals surface area contributed by atoms with Crippen molar-refractivity contribution >= 4 is 21.7 Å². The predicted octanol–water partition coefficient (Wildman–Crippen LogP) is -0.289.